The number of rotatable bonds is 11. The molecule has 0 aromatic heterocycles. The number of benzene rings is 3. The molecule has 9 nitrogen and oxygen atoms in total. The molecular formula is C28H30BrN3O6S. The lowest BCUT2D eigenvalue weighted by molar-refractivity contribution is -0.140. The zero-order chi connectivity index (χ0) is 28.0. The van der Waals surface area contributed by atoms with E-state index >= 15 is 0 Å². The highest BCUT2D eigenvalue weighted by Gasteiger charge is 2.33. The van der Waals surface area contributed by atoms with Gasteiger partial charge < -0.3 is 19.7 Å². The number of fused-ring (bicyclic) bond motifs is 1. The molecule has 0 saturated carbocycles. The van der Waals surface area contributed by atoms with Crippen LogP contribution in [0.2, 0.25) is 0 Å². The van der Waals surface area contributed by atoms with Gasteiger partial charge in [0.1, 0.15) is 12.6 Å². The number of ether oxygens (including phenoxy) is 2. The molecule has 1 aliphatic heterocycles. The van der Waals surface area contributed by atoms with E-state index in [0.717, 1.165) is 26.2 Å². The van der Waals surface area contributed by atoms with Crippen molar-refractivity contribution in [1.82, 2.24) is 10.2 Å². The zero-order valence-electron chi connectivity index (χ0n) is 21.7. The third-order valence-corrected chi connectivity index (χ3v) is 7.88. The van der Waals surface area contributed by atoms with Gasteiger partial charge in [-0.25, -0.2) is 8.42 Å². The smallest absolute Gasteiger partial charge is 0.244 e. The van der Waals surface area contributed by atoms with Crippen molar-refractivity contribution in [2.24, 2.45) is 0 Å². The Kier molecular flexibility index (Phi) is 9.13. The van der Waals surface area contributed by atoms with E-state index in [2.05, 4.69) is 21.2 Å². The number of halogens is 1. The molecule has 2 amide bonds. The molecule has 0 aliphatic carbocycles. The monoisotopic (exact) mass is 615 g/mol. The van der Waals surface area contributed by atoms with Crippen molar-refractivity contribution in [3.63, 3.8) is 0 Å². The van der Waals surface area contributed by atoms with E-state index in [1.807, 2.05) is 61.5 Å². The molecule has 0 bridgehead atoms. The highest BCUT2D eigenvalue weighted by atomic mass is 79.9. The first kappa shape index (κ1) is 28.4. The fourth-order valence-electron chi connectivity index (χ4n) is 4.29. The first-order valence-corrected chi connectivity index (χ1v) is 15.0. The van der Waals surface area contributed by atoms with Crippen LogP contribution in [0.1, 0.15) is 18.1 Å². The van der Waals surface area contributed by atoms with Gasteiger partial charge in [0.25, 0.3) is 0 Å². The fourth-order valence-corrected chi connectivity index (χ4v) is 5.39. The molecule has 0 unspecified atom stereocenters. The van der Waals surface area contributed by atoms with Gasteiger partial charge in [0.2, 0.25) is 28.6 Å². The Labute approximate surface area is 236 Å². The van der Waals surface area contributed by atoms with Gasteiger partial charge in [0.15, 0.2) is 11.5 Å². The molecule has 11 heteroatoms. The summed E-state index contributed by atoms with van der Waals surface area (Å²) in [6.07, 6.45) is 1.30. The van der Waals surface area contributed by atoms with Gasteiger partial charge in [-0.05, 0) is 42.3 Å². The highest BCUT2D eigenvalue weighted by Crippen LogP contribution is 2.36. The lowest BCUT2D eigenvalue weighted by Crippen LogP contribution is -2.53. The number of carbonyl (C=O) groups is 2. The largest absolute Gasteiger partial charge is 0.454 e. The Balaban J connectivity index is 1.71. The number of nitrogens with zero attached hydrogens (tertiary/aromatic N) is 2. The van der Waals surface area contributed by atoms with Gasteiger partial charge in [0, 0.05) is 30.0 Å². The summed E-state index contributed by atoms with van der Waals surface area (Å²) in [6, 6.07) is 20.6. The molecule has 1 aliphatic rings. The number of hydrogen-bond donors (Lipinski definition) is 1. The van der Waals surface area contributed by atoms with Gasteiger partial charge in [-0.2, -0.15) is 0 Å². The number of likely N-dealkylation sites (N-methyl/N-ethyl adjacent to an activating group) is 1. The molecule has 1 heterocycles. The van der Waals surface area contributed by atoms with Gasteiger partial charge in [-0.1, -0.05) is 58.4 Å². The Morgan fingerprint density at radius 1 is 0.974 bits per heavy atom. The van der Waals surface area contributed by atoms with E-state index < -0.39 is 28.5 Å². The van der Waals surface area contributed by atoms with Gasteiger partial charge >= 0.3 is 0 Å². The third-order valence-electron chi connectivity index (χ3n) is 6.21. The second-order valence-corrected chi connectivity index (χ2v) is 11.9. The van der Waals surface area contributed by atoms with Crippen molar-refractivity contribution >= 4 is 43.5 Å². The standard InChI is InChI=1S/C28H30BrN3O6S/c1-3-30-28(34)24(15-20-7-5-4-6-8-20)31(17-21-9-11-22(29)12-10-21)27(33)18-32(39(2,35)36)23-13-14-25-26(16-23)38-19-37-25/h4-14,16,24H,3,15,17-19H2,1-2H3,(H,30,34)/t24-/m1/s1. The van der Waals surface area contributed by atoms with Crippen molar-refractivity contribution in [2.45, 2.75) is 25.9 Å². The average Bonchev–Trinajstić information content (AvgIpc) is 3.38. The Hall–Kier alpha value is -3.57. The van der Waals surface area contributed by atoms with Crippen LogP contribution < -0.4 is 19.1 Å². The molecule has 3 aromatic carbocycles. The number of anilines is 1. The van der Waals surface area contributed by atoms with Gasteiger partial charge in [-0.3, -0.25) is 13.9 Å². The summed E-state index contributed by atoms with van der Waals surface area (Å²) in [5.74, 6) is 0.0492. The maximum atomic E-state index is 14.0. The Morgan fingerprint density at radius 2 is 1.67 bits per heavy atom. The molecule has 0 radical (unpaired) electrons. The first-order valence-electron chi connectivity index (χ1n) is 12.4. The van der Waals surface area contributed by atoms with Crippen LogP contribution in [0.15, 0.2) is 77.3 Å². The molecular weight excluding hydrogens is 586 g/mol. The van der Waals surface area contributed by atoms with Gasteiger partial charge in [-0.15, -0.1) is 0 Å². The van der Waals surface area contributed by atoms with Crippen LogP contribution in [0.25, 0.3) is 0 Å². The van der Waals surface area contributed by atoms with Crippen LogP contribution in [0.4, 0.5) is 5.69 Å². The number of sulfonamides is 1. The lowest BCUT2D eigenvalue weighted by Gasteiger charge is -2.33. The second kappa shape index (κ2) is 12.5. The van der Waals surface area contributed by atoms with Gasteiger partial charge in [0.05, 0.1) is 11.9 Å². The summed E-state index contributed by atoms with van der Waals surface area (Å²) >= 11 is 3.42. The summed E-state index contributed by atoms with van der Waals surface area (Å²) in [6.45, 7) is 1.84. The molecule has 0 saturated heterocycles. The maximum absolute atomic E-state index is 14.0. The minimum atomic E-state index is -3.87. The lowest BCUT2D eigenvalue weighted by atomic mass is 10.0. The molecule has 39 heavy (non-hydrogen) atoms. The van der Waals surface area contributed by atoms with Crippen LogP contribution in [0, 0.1) is 0 Å². The van der Waals surface area contributed by atoms with Crippen molar-refractivity contribution in [1.29, 1.82) is 0 Å². The minimum absolute atomic E-state index is 0.0330. The van der Waals surface area contributed by atoms with Crippen LogP contribution in [-0.4, -0.2) is 57.3 Å². The van der Waals surface area contributed by atoms with E-state index in [-0.39, 0.29) is 31.4 Å². The number of hydrogen-bond acceptors (Lipinski definition) is 6. The van der Waals surface area contributed by atoms with Crippen molar-refractivity contribution < 1.29 is 27.5 Å². The van der Waals surface area contributed by atoms with Crippen LogP contribution in [0.3, 0.4) is 0 Å². The summed E-state index contributed by atoms with van der Waals surface area (Å²) in [7, 11) is -3.87. The summed E-state index contributed by atoms with van der Waals surface area (Å²) < 4.78 is 38.4. The number of amides is 2. The Morgan fingerprint density at radius 3 is 2.33 bits per heavy atom. The highest BCUT2D eigenvalue weighted by molar-refractivity contribution is 9.10. The Bertz CT molecular complexity index is 1420. The molecule has 206 valence electrons. The normalized spacial score (nSPS) is 13.0. The summed E-state index contributed by atoms with van der Waals surface area (Å²) in [5.41, 5.74) is 1.93. The zero-order valence-corrected chi connectivity index (χ0v) is 24.1. The van der Waals surface area contributed by atoms with E-state index in [1.54, 1.807) is 12.1 Å². The van der Waals surface area contributed by atoms with Crippen molar-refractivity contribution in [3.05, 3.63) is 88.4 Å². The van der Waals surface area contributed by atoms with Crippen LogP contribution in [0.5, 0.6) is 11.5 Å². The predicted molar refractivity (Wildman–Crippen MR) is 152 cm³/mol. The van der Waals surface area contributed by atoms with Crippen LogP contribution >= 0.6 is 15.9 Å². The summed E-state index contributed by atoms with van der Waals surface area (Å²) in [5, 5.41) is 2.84. The minimum Gasteiger partial charge on any atom is -0.454 e. The molecule has 0 spiro atoms. The van der Waals surface area contributed by atoms with E-state index in [1.165, 1.54) is 11.0 Å². The third kappa shape index (κ3) is 7.30. The topological polar surface area (TPSA) is 105 Å². The van der Waals surface area contributed by atoms with Crippen LogP contribution in [-0.2, 0) is 32.6 Å². The predicted octanol–water partition coefficient (Wildman–Crippen LogP) is 3.72. The molecule has 4 rings (SSSR count). The second-order valence-electron chi connectivity index (χ2n) is 9.06. The number of nitrogens with one attached hydrogen (secondary N) is 1. The fraction of sp³-hybridized carbons (Fsp3) is 0.286. The van der Waals surface area contributed by atoms with Crippen molar-refractivity contribution in [3.8, 4) is 11.5 Å². The molecule has 0 fully saturated rings. The molecule has 3 aromatic rings. The first-order chi connectivity index (χ1) is 18.7. The summed E-state index contributed by atoms with van der Waals surface area (Å²) in [4.78, 5) is 28.8. The molecule has 1 atom stereocenters. The maximum Gasteiger partial charge on any atom is 0.244 e. The quantitative estimate of drug-likeness (QED) is 0.352. The van der Waals surface area contributed by atoms with E-state index in [0.29, 0.717) is 18.0 Å². The SMILES string of the molecule is CCNC(=O)[C@@H](Cc1ccccc1)N(Cc1ccc(Br)cc1)C(=O)CN(c1ccc2c(c1)OCO2)S(C)(=O)=O. The van der Waals surface area contributed by atoms with E-state index in [4.69, 9.17) is 9.47 Å². The van der Waals surface area contributed by atoms with Crippen molar-refractivity contribution in [2.75, 3.05) is 30.4 Å². The van der Waals surface area contributed by atoms with E-state index in [9.17, 15) is 18.0 Å². The molecule has 1 N–H and O–H groups in total. The number of carbonyl (C=O) groups excluding carboxylic acids is 2. The average molecular weight is 617 g/mol.